The van der Waals surface area contributed by atoms with E-state index in [-0.39, 0.29) is 22.7 Å². The Morgan fingerprint density at radius 3 is 2.08 bits per heavy atom. The maximum Gasteiger partial charge on any atom is 0.151 e. The summed E-state index contributed by atoms with van der Waals surface area (Å²) in [5, 5.41) is 9.05. The third-order valence-corrected chi connectivity index (χ3v) is 2.28. The maximum absolute atomic E-state index is 11.4. The summed E-state index contributed by atoms with van der Waals surface area (Å²) in [5.74, 6) is -1.71. The van der Waals surface area contributed by atoms with Crippen LogP contribution in [0.1, 0.15) is 26.7 Å². The molecule has 1 rings (SSSR count). The number of aliphatic hydroxyl groups excluding tert-OH is 1. The molecule has 1 fully saturated rings. The fourth-order valence-corrected chi connectivity index (χ4v) is 1.76. The monoisotopic (exact) mass is 182 g/mol. The van der Waals surface area contributed by atoms with Crippen LogP contribution < -0.4 is 0 Å². The van der Waals surface area contributed by atoms with Gasteiger partial charge in [0.1, 0.15) is 11.7 Å². The fourth-order valence-electron chi connectivity index (χ4n) is 1.76. The lowest BCUT2D eigenvalue weighted by atomic mass is 9.71. The summed E-state index contributed by atoms with van der Waals surface area (Å²) >= 11 is 0. The van der Waals surface area contributed by atoms with Crippen LogP contribution in [0.4, 0.5) is 0 Å². The lowest BCUT2D eigenvalue weighted by molar-refractivity contribution is -0.138. The predicted molar refractivity (Wildman–Crippen MR) is 48.3 cm³/mol. The number of carbonyl (C=O) groups is 2. The molecule has 1 saturated carbocycles. The van der Waals surface area contributed by atoms with E-state index in [0.29, 0.717) is 12.8 Å². The number of carbonyl (C=O) groups excluding carboxylic acids is 2. The van der Waals surface area contributed by atoms with Crippen molar-refractivity contribution in [1.29, 1.82) is 0 Å². The first-order valence-electron chi connectivity index (χ1n) is 4.27. The first kappa shape index (κ1) is 9.96. The standard InChI is InChI=1S/C10H14O3/c1-6(11)9-7(12)4-10(2,3)5-8(9)13/h9,11H,1,4-5H2,2-3H3. The van der Waals surface area contributed by atoms with Gasteiger partial charge >= 0.3 is 0 Å². The van der Waals surface area contributed by atoms with Crippen LogP contribution in [0.3, 0.4) is 0 Å². The summed E-state index contributed by atoms with van der Waals surface area (Å²) in [7, 11) is 0. The molecule has 0 aromatic heterocycles. The molecule has 1 N–H and O–H groups in total. The smallest absolute Gasteiger partial charge is 0.151 e. The zero-order chi connectivity index (χ0) is 10.2. The number of hydrogen-bond acceptors (Lipinski definition) is 3. The third kappa shape index (κ3) is 1.97. The zero-order valence-electron chi connectivity index (χ0n) is 7.96. The molecule has 0 saturated heterocycles. The van der Waals surface area contributed by atoms with E-state index in [1.165, 1.54) is 0 Å². The summed E-state index contributed by atoms with van der Waals surface area (Å²) in [4.78, 5) is 22.8. The quantitative estimate of drug-likeness (QED) is 0.495. The van der Waals surface area contributed by atoms with Crippen molar-refractivity contribution < 1.29 is 14.7 Å². The highest BCUT2D eigenvalue weighted by molar-refractivity contribution is 6.07. The SMILES string of the molecule is C=C(O)C1C(=O)CC(C)(C)CC1=O. The third-order valence-electron chi connectivity index (χ3n) is 2.28. The van der Waals surface area contributed by atoms with Crippen molar-refractivity contribution in [3.63, 3.8) is 0 Å². The second kappa shape index (κ2) is 2.98. The second-order valence-corrected chi connectivity index (χ2v) is 4.37. The van der Waals surface area contributed by atoms with Gasteiger partial charge in [-0.1, -0.05) is 20.4 Å². The molecular formula is C10H14O3. The Hall–Kier alpha value is -1.12. The van der Waals surface area contributed by atoms with E-state index in [0.717, 1.165) is 0 Å². The van der Waals surface area contributed by atoms with E-state index in [9.17, 15) is 9.59 Å². The van der Waals surface area contributed by atoms with Gasteiger partial charge in [-0.3, -0.25) is 9.59 Å². The summed E-state index contributed by atoms with van der Waals surface area (Å²) in [5.41, 5.74) is -0.264. The van der Waals surface area contributed by atoms with E-state index in [4.69, 9.17) is 5.11 Å². The molecule has 0 aliphatic heterocycles. The number of hydrogen-bond donors (Lipinski definition) is 1. The Bertz CT molecular complexity index is 256. The van der Waals surface area contributed by atoms with Crippen molar-refractivity contribution in [3.05, 3.63) is 12.3 Å². The van der Waals surface area contributed by atoms with Crippen molar-refractivity contribution >= 4 is 11.6 Å². The van der Waals surface area contributed by atoms with E-state index in [1.54, 1.807) is 0 Å². The average Bonchev–Trinajstić information content (AvgIpc) is 1.78. The normalized spacial score (nSPS) is 23.2. The molecule has 0 amide bonds. The predicted octanol–water partition coefficient (Wildman–Crippen LogP) is 1.63. The van der Waals surface area contributed by atoms with Crippen LogP contribution in [0.25, 0.3) is 0 Å². The van der Waals surface area contributed by atoms with Gasteiger partial charge in [-0.15, -0.1) is 0 Å². The Morgan fingerprint density at radius 1 is 1.38 bits per heavy atom. The maximum atomic E-state index is 11.4. The summed E-state index contributed by atoms with van der Waals surface area (Å²) in [6.45, 7) is 6.99. The van der Waals surface area contributed by atoms with Gasteiger partial charge in [-0.2, -0.15) is 0 Å². The van der Waals surface area contributed by atoms with E-state index < -0.39 is 5.92 Å². The highest BCUT2D eigenvalue weighted by atomic mass is 16.3. The summed E-state index contributed by atoms with van der Waals surface area (Å²) in [6, 6.07) is 0. The van der Waals surface area contributed by atoms with Crippen LogP contribution in [0.5, 0.6) is 0 Å². The number of Topliss-reactive ketones (excluding diaryl/α,β-unsaturated/α-hetero) is 2. The van der Waals surface area contributed by atoms with Crippen molar-refractivity contribution in [3.8, 4) is 0 Å². The number of rotatable bonds is 1. The van der Waals surface area contributed by atoms with Gasteiger partial charge in [0.05, 0.1) is 0 Å². The number of allylic oxidation sites excluding steroid dienone is 1. The molecule has 3 nitrogen and oxygen atoms in total. The molecular weight excluding hydrogens is 168 g/mol. The molecule has 72 valence electrons. The first-order chi connectivity index (χ1) is 5.83. The highest BCUT2D eigenvalue weighted by Gasteiger charge is 2.40. The van der Waals surface area contributed by atoms with Crippen molar-refractivity contribution in [2.75, 3.05) is 0 Å². The molecule has 0 atom stereocenters. The molecule has 13 heavy (non-hydrogen) atoms. The highest BCUT2D eigenvalue weighted by Crippen LogP contribution is 2.35. The van der Waals surface area contributed by atoms with E-state index >= 15 is 0 Å². The number of ketones is 2. The Morgan fingerprint density at radius 2 is 1.77 bits per heavy atom. The van der Waals surface area contributed by atoms with Crippen molar-refractivity contribution in [2.45, 2.75) is 26.7 Å². The van der Waals surface area contributed by atoms with Crippen molar-refractivity contribution in [1.82, 2.24) is 0 Å². The second-order valence-electron chi connectivity index (χ2n) is 4.37. The molecule has 0 heterocycles. The van der Waals surface area contributed by atoms with Gasteiger partial charge in [0.25, 0.3) is 0 Å². The zero-order valence-corrected chi connectivity index (χ0v) is 7.96. The molecule has 3 heteroatoms. The van der Waals surface area contributed by atoms with Gasteiger partial charge in [0, 0.05) is 12.8 Å². The average molecular weight is 182 g/mol. The van der Waals surface area contributed by atoms with Crippen LogP contribution in [-0.2, 0) is 9.59 Å². The molecule has 0 aromatic rings. The fraction of sp³-hybridized carbons (Fsp3) is 0.600. The Labute approximate surface area is 77.4 Å². The van der Waals surface area contributed by atoms with Crippen LogP contribution in [0.2, 0.25) is 0 Å². The topological polar surface area (TPSA) is 54.4 Å². The summed E-state index contributed by atoms with van der Waals surface area (Å²) in [6.07, 6.45) is 0.673. The van der Waals surface area contributed by atoms with Crippen LogP contribution >= 0.6 is 0 Å². The molecule has 0 unspecified atom stereocenters. The van der Waals surface area contributed by atoms with Crippen LogP contribution in [-0.4, -0.2) is 16.7 Å². The minimum atomic E-state index is -0.965. The van der Waals surface area contributed by atoms with Gasteiger partial charge in [-0.25, -0.2) is 0 Å². The Kier molecular flexibility index (Phi) is 2.28. The minimum Gasteiger partial charge on any atom is -0.512 e. The van der Waals surface area contributed by atoms with E-state index in [1.807, 2.05) is 13.8 Å². The Balaban J connectivity index is 2.89. The van der Waals surface area contributed by atoms with Gasteiger partial charge in [0.15, 0.2) is 11.6 Å². The van der Waals surface area contributed by atoms with Crippen LogP contribution in [0.15, 0.2) is 12.3 Å². The first-order valence-corrected chi connectivity index (χ1v) is 4.27. The largest absolute Gasteiger partial charge is 0.512 e. The lowest BCUT2D eigenvalue weighted by Gasteiger charge is -2.31. The van der Waals surface area contributed by atoms with Gasteiger partial charge < -0.3 is 5.11 Å². The molecule has 0 radical (unpaired) electrons. The van der Waals surface area contributed by atoms with Crippen molar-refractivity contribution in [2.24, 2.45) is 11.3 Å². The minimum absolute atomic E-state index is 0.214. The van der Waals surface area contributed by atoms with Gasteiger partial charge in [-0.05, 0) is 5.41 Å². The molecule has 0 aromatic carbocycles. The molecule has 1 aliphatic carbocycles. The molecule has 0 bridgehead atoms. The molecule has 1 aliphatic rings. The summed E-state index contributed by atoms with van der Waals surface area (Å²) < 4.78 is 0. The van der Waals surface area contributed by atoms with Crippen LogP contribution in [0, 0.1) is 11.3 Å². The number of aliphatic hydroxyl groups is 1. The van der Waals surface area contributed by atoms with E-state index in [2.05, 4.69) is 6.58 Å². The van der Waals surface area contributed by atoms with Gasteiger partial charge in [0.2, 0.25) is 0 Å². The molecule has 0 spiro atoms. The lowest BCUT2D eigenvalue weighted by Crippen LogP contribution is -2.38.